The first-order chi connectivity index (χ1) is 6.27. The number of rotatable bonds is 7. The van der Waals surface area contributed by atoms with Gasteiger partial charge in [0.1, 0.15) is 0 Å². The summed E-state index contributed by atoms with van der Waals surface area (Å²) >= 11 is 0. The predicted octanol–water partition coefficient (Wildman–Crippen LogP) is 1.64. The summed E-state index contributed by atoms with van der Waals surface area (Å²) in [6, 6.07) is 0.869. The van der Waals surface area contributed by atoms with Gasteiger partial charge in [0.25, 0.3) is 0 Å². The third-order valence-corrected chi connectivity index (χ3v) is 2.43. The van der Waals surface area contributed by atoms with Gasteiger partial charge in [-0.1, -0.05) is 13.5 Å². The van der Waals surface area contributed by atoms with Crippen molar-refractivity contribution < 1.29 is 0 Å². The molecule has 0 aromatic heterocycles. The molecule has 1 saturated carbocycles. The van der Waals surface area contributed by atoms with Crippen molar-refractivity contribution in [2.24, 2.45) is 0 Å². The van der Waals surface area contributed by atoms with Gasteiger partial charge in [0, 0.05) is 19.1 Å². The second-order valence-electron chi connectivity index (χ2n) is 3.98. The minimum Gasteiger partial charge on any atom is -0.316 e. The Balaban J connectivity index is 2.24. The van der Waals surface area contributed by atoms with Crippen LogP contribution < -0.4 is 5.32 Å². The molecule has 13 heavy (non-hydrogen) atoms. The van der Waals surface area contributed by atoms with Crippen molar-refractivity contribution in [3.05, 3.63) is 12.2 Å². The molecular formula is C11H22N2. The maximum absolute atomic E-state index is 4.07. The van der Waals surface area contributed by atoms with Crippen LogP contribution in [0.3, 0.4) is 0 Å². The van der Waals surface area contributed by atoms with E-state index >= 15 is 0 Å². The number of nitrogens with one attached hydrogen (secondary N) is 1. The van der Waals surface area contributed by atoms with E-state index in [1.165, 1.54) is 31.4 Å². The van der Waals surface area contributed by atoms with Gasteiger partial charge in [0.2, 0.25) is 0 Å². The fourth-order valence-electron chi connectivity index (χ4n) is 1.71. The molecule has 0 unspecified atom stereocenters. The molecule has 0 aromatic carbocycles. The molecule has 1 aliphatic rings. The van der Waals surface area contributed by atoms with E-state index in [1.54, 1.807) is 0 Å². The van der Waals surface area contributed by atoms with Crippen molar-refractivity contribution >= 4 is 0 Å². The number of nitrogens with zero attached hydrogens (tertiary/aromatic N) is 1. The van der Waals surface area contributed by atoms with E-state index in [4.69, 9.17) is 0 Å². The van der Waals surface area contributed by atoms with E-state index in [-0.39, 0.29) is 0 Å². The van der Waals surface area contributed by atoms with Gasteiger partial charge in [-0.05, 0) is 38.4 Å². The van der Waals surface area contributed by atoms with E-state index in [2.05, 4.69) is 23.7 Å². The Morgan fingerprint density at radius 3 is 2.69 bits per heavy atom. The summed E-state index contributed by atoms with van der Waals surface area (Å²) in [5.74, 6) is 0. The first kappa shape index (κ1) is 10.7. The van der Waals surface area contributed by atoms with Crippen molar-refractivity contribution in [3.8, 4) is 0 Å². The molecule has 0 aromatic rings. The Labute approximate surface area is 82.0 Å². The third kappa shape index (κ3) is 3.92. The van der Waals surface area contributed by atoms with Gasteiger partial charge in [0.05, 0.1) is 0 Å². The molecule has 1 fully saturated rings. The van der Waals surface area contributed by atoms with Crippen LogP contribution in [0.4, 0.5) is 0 Å². The van der Waals surface area contributed by atoms with Crippen molar-refractivity contribution in [1.82, 2.24) is 10.2 Å². The van der Waals surface area contributed by atoms with Crippen molar-refractivity contribution in [1.29, 1.82) is 0 Å². The Kier molecular flexibility index (Phi) is 4.46. The lowest BCUT2D eigenvalue weighted by molar-refractivity contribution is 0.285. The van der Waals surface area contributed by atoms with Crippen LogP contribution in [-0.2, 0) is 0 Å². The van der Waals surface area contributed by atoms with Crippen LogP contribution in [0.5, 0.6) is 0 Å². The predicted molar refractivity (Wildman–Crippen MR) is 58.0 cm³/mol. The summed E-state index contributed by atoms with van der Waals surface area (Å²) in [7, 11) is 1.98. The van der Waals surface area contributed by atoms with Gasteiger partial charge in [-0.15, -0.1) is 0 Å². The molecule has 0 saturated heterocycles. The van der Waals surface area contributed by atoms with Crippen LogP contribution in [0.25, 0.3) is 0 Å². The molecule has 2 heteroatoms. The molecule has 76 valence electrons. The smallest absolute Gasteiger partial charge is 0.0205 e. The Morgan fingerprint density at radius 2 is 2.23 bits per heavy atom. The molecular weight excluding hydrogens is 160 g/mol. The van der Waals surface area contributed by atoms with Crippen LogP contribution in [0.15, 0.2) is 12.2 Å². The monoisotopic (exact) mass is 182 g/mol. The van der Waals surface area contributed by atoms with Crippen molar-refractivity contribution in [2.75, 3.05) is 26.7 Å². The summed E-state index contributed by atoms with van der Waals surface area (Å²) in [5.41, 5.74) is 1.31. The minimum absolute atomic E-state index is 0.869. The highest BCUT2D eigenvalue weighted by Crippen LogP contribution is 2.27. The van der Waals surface area contributed by atoms with Crippen LogP contribution >= 0.6 is 0 Å². The highest BCUT2D eigenvalue weighted by atomic mass is 15.2. The fourth-order valence-corrected chi connectivity index (χ4v) is 1.71. The van der Waals surface area contributed by atoms with Gasteiger partial charge in [-0.25, -0.2) is 0 Å². The molecule has 1 rings (SSSR count). The Morgan fingerprint density at radius 1 is 1.54 bits per heavy atom. The molecule has 0 atom stereocenters. The molecule has 0 amide bonds. The average molecular weight is 182 g/mol. The number of hydrogen-bond acceptors (Lipinski definition) is 2. The first-order valence-corrected chi connectivity index (χ1v) is 5.33. The highest BCUT2D eigenvalue weighted by molar-refractivity contribution is 5.02. The fraction of sp³-hybridized carbons (Fsp3) is 0.818. The standard InChI is InChI=1S/C11H22N2/c1-4-7-13(11-5-6-11)9-10(2)8-12-3/h11-12H,2,4-9H2,1,3H3. The average Bonchev–Trinajstić information content (AvgIpc) is 2.86. The highest BCUT2D eigenvalue weighted by Gasteiger charge is 2.28. The summed E-state index contributed by atoms with van der Waals surface area (Å²) in [4.78, 5) is 2.57. The van der Waals surface area contributed by atoms with Gasteiger partial charge in [0.15, 0.2) is 0 Å². The van der Waals surface area contributed by atoms with Gasteiger partial charge in [-0.2, -0.15) is 0 Å². The third-order valence-electron chi connectivity index (χ3n) is 2.43. The summed E-state index contributed by atoms with van der Waals surface area (Å²) in [6.45, 7) is 9.58. The zero-order chi connectivity index (χ0) is 9.68. The van der Waals surface area contributed by atoms with E-state index in [9.17, 15) is 0 Å². The quantitative estimate of drug-likeness (QED) is 0.602. The lowest BCUT2D eigenvalue weighted by Crippen LogP contribution is -2.31. The Hall–Kier alpha value is -0.340. The zero-order valence-electron chi connectivity index (χ0n) is 8.97. The number of likely N-dealkylation sites (N-methyl/N-ethyl adjacent to an activating group) is 1. The molecule has 0 spiro atoms. The maximum Gasteiger partial charge on any atom is 0.0205 e. The van der Waals surface area contributed by atoms with Crippen LogP contribution in [0.2, 0.25) is 0 Å². The normalized spacial score (nSPS) is 16.5. The van der Waals surface area contributed by atoms with Crippen LogP contribution in [-0.4, -0.2) is 37.6 Å². The molecule has 0 heterocycles. The molecule has 1 N–H and O–H groups in total. The lowest BCUT2D eigenvalue weighted by atomic mass is 10.2. The number of hydrogen-bond donors (Lipinski definition) is 1. The molecule has 0 aliphatic heterocycles. The largest absolute Gasteiger partial charge is 0.316 e. The topological polar surface area (TPSA) is 15.3 Å². The van der Waals surface area contributed by atoms with E-state index < -0.39 is 0 Å². The van der Waals surface area contributed by atoms with E-state index in [0.29, 0.717) is 0 Å². The summed E-state index contributed by atoms with van der Waals surface area (Å²) in [6.07, 6.45) is 4.04. The molecule has 0 bridgehead atoms. The summed E-state index contributed by atoms with van der Waals surface area (Å²) in [5, 5.41) is 3.15. The maximum atomic E-state index is 4.07. The van der Waals surface area contributed by atoms with Crippen LogP contribution in [0, 0.1) is 0 Å². The minimum atomic E-state index is 0.869. The van der Waals surface area contributed by atoms with E-state index in [1.807, 2.05) is 7.05 Å². The SMILES string of the molecule is C=C(CNC)CN(CCC)C1CC1. The summed E-state index contributed by atoms with van der Waals surface area (Å²) < 4.78 is 0. The first-order valence-electron chi connectivity index (χ1n) is 5.33. The Bertz CT molecular complexity index is 161. The van der Waals surface area contributed by atoms with Crippen molar-refractivity contribution in [2.45, 2.75) is 32.2 Å². The molecule has 1 aliphatic carbocycles. The van der Waals surface area contributed by atoms with Crippen LogP contribution in [0.1, 0.15) is 26.2 Å². The second-order valence-corrected chi connectivity index (χ2v) is 3.98. The lowest BCUT2D eigenvalue weighted by Gasteiger charge is -2.22. The van der Waals surface area contributed by atoms with Gasteiger partial charge in [-0.3, -0.25) is 4.90 Å². The molecule has 0 radical (unpaired) electrons. The van der Waals surface area contributed by atoms with Crippen molar-refractivity contribution in [3.63, 3.8) is 0 Å². The second kappa shape index (κ2) is 5.40. The van der Waals surface area contributed by atoms with Gasteiger partial charge >= 0.3 is 0 Å². The zero-order valence-corrected chi connectivity index (χ0v) is 8.97. The van der Waals surface area contributed by atoms with E-state index in [0.717, 1.165) is 19.1 Å². The molecule has 2 nitrogen and oxygen atoms in total. The van der Waals surface area contributed by atoms with Gasteiger partial charge < -0.3 is 5.32 Å².